The number of nitrogens with one attached hydrogen (secondary N) is 4. The lowest BCUT2D eigenvalue weighted by Crippen LogP contribution is -2.55. The van der Waals surface area contributed by atoms with Gasteiger partial charge in [0, 0.05) is 6.54 Å². The Morgan fingerprint density at radius 2 is 1.31 bits per heavy atom. The van der Waals surface area contributed by atoms with E-state index in [1.807, 2.05) is 22.6 Å². The number of hydrogen-bond donors (Lipinski definition) is 4. The van der Waals surface area contributed by atoms with Gasteiger partial charge in [-0.15, -0.1) is 0 Å². The van der Waals surface area contributed by atoms with Crippen LogP contribution in [0.1, 0.15) is 74.7 Å². The van der Waals surface area contributed by atoms with Crippen LogP contribution in [-0.2, 0) is 28.7 Å². The SMILES string of the molecule is C[C@@H](NC(=O)[C@H](CCCCNC(=O)CI)NC(=O)OC(C)(C)C)C(=O)N[C@H](C)C(=O)OC(C)(C)C. The molecule has 0 spiro atoms. The predicted octanol–water partition coefficient (Wildman–Crippen LogP) is 1.95. The van der Waals surface area contributed by atoms with Crippen molar-refractivity contribution in [2.24, 2.45) is 0 Å². The maximum absolute atomic E-state index is 12.9. The highest BCUT2D eigenvalue weighted by Gasteiger charge is 2.28. The van der Waals surface area contributed by atoms with E-state index < -0.39 is 53.2 Å². The molecule has 0 aromatic carbocycles. The van der Waals surface area contributed by atoms with Gasteiger partial charge in [0.15, 0.2) is 0 Å². The number of amides is 4. The lowest BCUT2D eigenvalue weighted by Gasteiger charge is -2.25. The summed E-state index contributed by atoms with van der Waals surface area (Å²) >= 11 is 1.96. The van der Waals surface area contributed by atoms with Gasteiger partial charge in [0.25, 0.3) is 0 Å². The molecule has 0 rings (SSSR count). The summed E-state index contributed by atoms with van der Waals surface area (Å²) < 4.78 is 10.8. The molecule has 0 saturated carbocycles. The Morgan fingerprint density at radius 3 is 1.83 bits per heavy atom. The molecule has 0 aliphatic rings. The molecule has 0 aromatic heterocycles. The van der Waals surface area contributed by atoms with E-state index in [9.17, 15) is 24.0 Å². The molecule has 0 heterocycles. The number of rotatable bonds is 12. The topological polar surface area (TPSA) is 152 Å². The Morgan fingerprint density at radius 1 is 0.771 bits per heavy atom. The van der Waals surface area contributed by atoms with Crippen molar-refractivity contribution >= 4 is 52.4 Å². The monoisotopic (exact) mass is 612 g/mol. The highest BCUT2D eigenvalue weighted by atomic mass is 127. The van der Waals surface area contributed by atoms with Crippen LogP contribution in [0.25, 0.3) is 0 Å². The van der Waals surface area contributed by atoms with Crippen molar-refractivity contribution in [2.75, 3.05) is 11.0 Å². The van der Waals surface area contributed by atoms with E-state index in [4.69, 9.17) is 9.47 Å². The zero-order valence-electron chi connectivity index (χ0n) is 22.0. The predicted molar refractivity (Wildman–Crippen MR) is 140 cm³/mol. The van der Waals surface area contributed by atoms with Crippen molar-refractivity contribution < 1.29 is 33.4 Å². The minimum atomic E-state index is -0.974. The maximum Gasteiger partial charge on any atom is 0.408 e. The molecule has 0 fully saturated rings. The number of alkyl halides is 1. The number of alkyl carbamates (subject to hydrolysis) is 1. The van der Waals surface area contributed by atoms with Gasteiger partial charge in [-0.05, 0) is 74.7 Å². The summed E-state index contributed by atoms with van der Waals surface area (Å²) in [6, 6.07) is -2.84. The first kappa shape index (κ1) is 32.9. The highest BCUT2D eigenvalue weighted by Crippen LogP contribution is 2.10. The van der Waals surface area contributed by atoms with Gasteiger partial charge in [-0.1, -0.05) is 22.6 Å². The van der Waals surface area contributed by atoms with E-state index >= 15 is 0 Å². The number of esters is 1. The van der Waals surface area contributed by atoms with Gasteiger partial charge in [-0.25, -0.2) is 9.59 Å². The summed E-state index contributed by atoms with van der Waals surface area (Å²) in [5.41, 5.74) is -1.45. The van der Waals surface area contributed by atoms with Gasteiger partial charge in [-0.2, -0.15) is 0 Å². The molecule has 0 saturated heterocycles. The Balaban J connectivity index is 5.02. The average molecular weight is 613 g/mol. The molecular weight excluding hydrogens is 571 g/mol. The molecule has 0 unspecified atom stereocenters. The Hall–Kier alpha value is -2.12. The van der Waals surface area contributed by atoms with Gasteiger partial charge >= 0.3 is 12.1 Å². The summed E-state index contributed by atoms with van der Waals surface area (Å²) in [7, 11) is 0. The normalized spacial score (nSPS) is 14.1. The summed E-state index contributed by atoms with van der Waals surface area (Å²) in [4.78, 5) is 61.0. The molecule has 35 heavy (non-hydrogen) atoms. The van der Waals surface area contributed by atoms with Crippen LogP contribution < -0.4 is 21.3 Å². The molecule has 3 atom stereocenters. The maximum atomic E-state index is 12.9. The fourth-order valence-electron chi connectivity index (χ4n) is 2.63. The third-order valence-corrected chi connectivity index (χ3v) is 4.93. The van der Waals surface area contributed by atoms with Crippen LogP contribution in [0.2, 0.25) is 0 Å². The molecular formula is C23H41IN4O7. The van der Waals surface area contributed by atoms with E-state index in [2.05, 4.69) is 21.3 Å². The van der Waals surface area contributed by atoms with Gasteiger partial charge in [0.2, 0.25) is 17.7 Å². The number of halogens is 1. The lowest BCUT2D eigenvalue weighted by molar-refractivity contribution is -0.158. The summed E-state index contributed by atoms with van der Waals surface area (Å²) in [6.07, 6.45) is 0.650. The van der Waals surface area contributed by atoms with E-state index in [-0.39, 0.29) is 12.3 Å². The summed E-state index contributed by atoms with van der Waals surface area (Å²) in [5.74, 6) is -1.82. The van der Waals surface area contributed by atoms with Crippen LogP contribution >= 0.6 is 22.6 Å². The molecule has 4 N–H and O–H groups in total. The van der Waals surface area contributed by atoms with Crippen molar-refractivity contribution in [3.63, 3.8) is 0 Å². The van der Waals surface area contributed by atoms with Crippen LogP contribution in [0.5, 0.6) is 0 Å². The van der Waals surface area contributed by atoms with Crippen LogP contribution in [0, 0.1) is 0 Å². The van der Waals surface area contributed by atoms with Crippen LogP contribution in [0.4, 0.5) is 4.79 Å². The smallest absolute Gasteiger partial charge is 0.408 e. The van der Waals surface area contributed by atoms with Gasteiger partial charge in [-0.3, -0.25) is 14.4 Å². The molecule has 0 aliphatic carbocycles. The number of hydrogen-bond acceptors (Lipinski definition) is 7. The molecule has 202 valence electrons. The summed E-state index contributed by atoms with van der Waals surface area (Å²) in [5, 5.41) is 10.4. The molecule has 11 nitrogen and oxygen atoms in total. The first-order valence-corrected chi connectivity index (χ1v) is 13.1. The number of unbranched alkanes of at least 4 members (excludes halogenated alkanes) is 1. The minimum absolute atomic E-state index is 0.0766. The second-order valence-corrected chi connectivity index (χ2v) is 10.9. The molecule has 4 amide bonds. The van der Waals surface area contributed by atoms with Crippen molar-refractivity contribution in [2.45, 2.75) is 104 Å². The Labute approximate surface area is 221 Å². The average Bonchev–Trinajstić information content (AvgIpc) is 2.69. The van der Waals surface area contributed by atoms with Crippen molar-refractivity contribution in [1.82, 2.24) is 21.3 Å². The second-order valence-electron chi connectivity index (χ2n) is 10.2. The third kappa shape index (κ3) is 16.2. The fourth-order valence-corrected chi connectivity index (χ4v) is 2.90. The first-order chi connectivity index (χ1) is 15.9. The summed E-state index contributed by atoms with van der Waals surface area (Å²) in [6.45, 7) is 13.7. The van der Waals surface area contributed by atoms with E-state index in [1.165, 1.54) is 13.8 Å². The molecule has 0 aromatic rings. The molecule has 12 heteroatoms. The number of carbonyl (C=O) groups excluding carboxylic acids is 5. The quantitative estimate of drug-likeness (QED) is 0.114. The first-order valence-electron chi connectivity index (χ1n) is 11.6. The van der Waals surface area contributed by atoms with Crippen LogP contribution in [0.3, 0.4) is 0 Å². The Bertz CT molecular complexity index is 747. The minimum Gasteiger partial charge on any atom is -0.458 e. The van der Waals surface area contributed by atoms with Crippen molar-refractivity contribution in [1.29, 1.82) is 0 Å². The standard InChI is InChI=1S/C23H41IN4O7/c1-14(18(30)27-15(2)20(32)34-22(3,4)5)26-19(31)16(28-21(33)35-23(6,7)8)11-9-10-12-25-17(29)13-24/h14-16H,9-13H2,1-8H3,(H,25,29)(H,26,31)(H,27,30)(H,28,33)/t14-,15-,16+/m1/s1. The largest absolute Gasteiger partial charge is 0.458 e. The number of ether oxygens (including phenoxy) is 2. The van der Waals surface area contributed by atoms with Gasteiger partial charge < -0.3 is 30.7 Å². The zero-order chi connectivity index (χ0) is 27.4. The molecule has 0 radical (unpaired) electrons. The zero-order valence-corrected chi connectivity index (χ0v) is 24.2. The van der Waals surface area contributed by atoms with Crippen LogP contribution in [-0.4, -0.2) is 70.1 Å². The molecule has 0 aliphatic heterocycles. The van der Waals surface area contributed by atoms with Gasteiger partial charge in [0.05, 0.1) is 4.43 Å². The van der Waals surface area contributed by atoms with Gasteiger partial charge in [0.1, 0.15) is 29.3 Å². The van der Waals surface area contributed by atoms with Crippen molar-refractivity contribution in [3.8, 4) is 0 Å². The van der Waals surface area contributed by atoms with E-state index in [0.29, 0.717) is 23.8 Å². The lowest BCUT2D eigenvalue weighted by atomic mass is 10.1. The molecule has 0 bridgehead atoms. The third-order valence-electron chi connectivity index (χ3n) is 4.24. The Kier molecular flexibility index (Phi) is 14.2. The fraction of sp³-hybridized carbons (Fsp3) is 0.783. The second kappa shape index (κ2) is 15.1. The van der Waals surface area contributed by atoms with Crippen molar-refractivity contribution in [3.05, 3.63) is 0 Å². The number of carbonyl (C=O) groups is 5. The van der Waals surface area contributed by atoms with Crippen LogP contribution in [0.15, 0.2) is 0 Å². The van der Waals surface area contributed by atoms with E-state index in [0.717, 1.165) is 0 Å². The highest BCUT2D eigenvalue weighted by molar-refractivity contribution is 14.1. The van der Waals surface area contributed by atoms with E-state index in [1.54, 1.807) is 41.5 Å².